The summed E-state index contributed by atoms with van der Waals surface area (Å²) in [6.07, 6.45) is 7.37. The summed E-state index contributed by atoms with van der Waals surface area (Å²) in [6.45, 7) is 13.1. The Morgan fingerprint density at radius 2 is 1.02 bits per heavy atom. The molecule has 0 aromatic carbocycles. The Kier molecular flexibility index (Phi) is 6.80. The molecule has 238 valence electrons. The van der Waals surface area contributed by atoms with Crippen molar-refractivity contribution in [3.63, 3.8) is 0 Å². The van der Waals surface area contributed by atoms with Crippen LogP contribution in [0.25, 0.3) is 0 Å². The van der Waals surface area contributed by atoms with E-state index in [9.17, 15) is 5.11 Å². The number of hydrogen-bond donors (Lipinski definition) is 1. The number of aliphatic hydroxyl groups is 1. The summed E-state index contributed by atoms with van der Waals surface area (Å²) in [5.41, 5.74) is -1.15. The summed E-state index contributed by atoms with van der Waals surface area (Å²) >= 11 is 0. The highest BCUT2D eigenvalue weighted by atomic mass is 17.3. The van der Waals surface area contributed by atoms with Crippen molar-refractivity contribution in [2.75, 3.05) is 0 Å². The predicted molar refractivity (Wildman–Crippen MR) is 149 cm³/mol. The molecule has 8 saturated heterocycles. The number of ether oxygens (including phenoxy) is 4. The van der Waals surface area contributed by atoms with E-state index >= 15 is 0 Å². The van der Waals surface area contributed by atoms with Gasteiger partial charge in [0.05, 0.1) is 18.3 Å². The van der Waals surface area contributed by atoms with Gasteiger partial charge >= 0.3 is 0 Å². The van der Waals surface area contributed by atoms with Crippen LogP contribution in [0.4, 0.5) is 0 Å². The highest BCUT2D eigenvalue weighted by Crippen LogP contribution is 2.62. The van der Waals surface area contributed by atoms with Crippen molar-refractivity contribution in [1.82, 2.24) is 0 Å². The zero-order chi connectivity index (χ0) is 29.2. The van der Waals surface area contributed by atoms with E-state index in [1.807, 2.05) is 13.8 Å². The highest BCUT2D eigenvalue weighted by Gasteiger charge is 2.71. The molecule has 4 bridgehead atoms. The Hall–Kier alpha value is -0.360. The van der Waals surface area contributed by atoms with Gasteiger partial charge in [0.1, 0.15) is 0 Å². The van der Waals surface area contributed by atoms with E-state index in [0.717, 1.165) is 38.5 Å². The molecule has 9 heteroatoms. The van der Waals surface area contributed by atoms with Crippen LogP contribution in [0, 0.1) is 47.3 Å². The summed E-state index contributed by atoms with van der Waals surface area (Å²) in [5, 5.41) is 11.6. The standard InChI is InChI=1S/C33H52O9/c1-17-7-9-24-19(3)26(35-28-32(24)22(17)11-13-30(5,37-28)39-41-32)15-21(34)16-27-20(4)25-10-8-18(2)23-12-14-31(6)38-29(36-27)33(23,25)42-40-31/h17-29,34H,7-16H2,1-6H3/t17-,18-,19-,20-,21?,22+,23+,24+,25+,26-,27-,28-,29-,30?,31?,32-,33-/m1/s1. The molecule has 16 atom stereocenters. The van der Waals surface area contributed by atoms with Crippen molar-refractivity contribution < 1.29 is 43.6 Å². The van der Waals surface area contributed by atoms with Gasteiger partial charge in [-0.2, -0.15) is 0 Å². The fourth-order valence-electron chi connectivity index (χ4n) is 11.1. The molecule has 0 aromatic rings. The van der Waals surface area contributed by atoms with Crippen molar-refractivity contribution in [3.8, 4) is 0 Å². The summed E-state index contributed by atoms with van der Waals surface area (Å²) < 4.78 is 26.7. The second-order valence-electron chi connectivity index (χ2n) is 16.0. The Labute approximate surface area is 250 Å². The van der Waals surface area contributed by atoms with Gasteiger partial charge in [-0.05, 0) is 101 Å². The maximum atomic E-state index is 11.6. The number of aliphatic hydroxyl groups excluding tert-OH is 1. The second-order valence-corrected chi connectivity index (χ2v) is 16.0. The van der Waals surface area contributed by atoms with Crippen molar-refractivity contribution >= 4 is 0 Å². The van der Waals surface area contributed by atoms with Crippen LogP contribution in [-0.2, 0) is 38.5 Å². The second kappa shape index (κ2) is 9.82. The van der Waals surface area contributed by atoms with E-state index in [0.29, 0.717) is 36.5 Å². The van der Waals surface area contributed by atoms with E-state index in [1.165, 1.54) is 12.8 Å². The first-order valence-electron chi connectivity index (χ1n) is 17.1. The van der Waals surface area contributed by atoms with Gasteiger partial charge in [0.25, 0.3) is 0 Å². The molecule has 42 heavy (non-hydrogen) atoms. The molecule has 1 N–H and O–H groups in total. The van der Waals surface area contributed by atoms with Crippen LogP contribution in [0.5, 0.6) is 0 Å². The molecule has 2 spiro atoms. The maximum Gasteiger partial charge on any atom is 0.201 e. The summed E-state index contributed by atoms with van der Waals surface area (Å²) in [4.78, 5) is 24.6. The van der Waals surface area contributed by atoms with E-state index in [2.05, 4.69) is 27.7 Å². The lowest BCUT2D eigenvalue weighted by Gasteiger charge is -2.61. The normalized spacial score (nSPS) is 60.6. The minimum Gasteiger partial charge on any atom is -0.393 e. The predicted octanol–water partition coefficient (Wildman–Crippen LogP) is 5.63. The van der Waals surface area contributed by atoms with Gasteiger partial charge in [-0.25, -0.2) is 19.6 Å². The molecule has 10 rings (SSSR count). The van der Waals surface area contributed by atoms with Crippen LogP contribution in [0.2, 0.25) is 0 Å². The van der Waals surface area contributed by atoms with E-state index in [1.54, 1.807) is 0 Å². The van der Waals surface area contributed by atoms with Crippen LogP contribution in [-0.4, -0.2) is 58.8 Å². The molecular weight excluding hydrogens is 540 g/mol. The molecule has 2 unspecified atom stereocenters. The third-order valence-electron chi connectivity index (χ3n) is 13.6. The fourth-order valence-corrected chi connectivity index (χ4v) is 11.1. The first-order chi connectivity index (χ1) is 20.0. The zero-order valence-corrected chi connectivity index (χ0v) is 26.3. The smallest absolute Gasteiger partial charge is 0.201 e. The zero-order valence-electron chi connectivity index (χ0n) is 26.3. The Morgan fingerprint density at radius 1 is 0.595 bits per heavy atom. The molecule has 0 amide bonds. The lowest BCUT2D eigenvalue weighted by molar-refractivity contribution is -0.571. The van der Waals surface area contributed by atoms with E-state index in [4.69, 9.17) is 38.5 Å². The van der Waals surface area contributed by atoms with Gasteiger partial charge in [0.2, 0.25) is 11.6 Å². The maximum absolute atomic E-state index is 11.6. The van der Waals surface area contributed by atoms with Gasteiger partial charge in [-0.3, -0.25) is 0 Å². The molecular formula is C33H52O9. The number of rotatable bonds is 4. The van der Waals surface area contributed by atoms with Gasteiger partial charge in [-0.15, -0.1) is 0 Å². The molecule has 2 aliphatic carbocycles. The molecule has 8 aliphatic heterocycles. The average molecular weight is 593 g/mol. The molecule has 8 heterocycles. The summed E-state index contributed by atoms with van der Waals surface area (Å²) in [5.74, 6) is 1.09. The number of fused-ring (bicyclic) bond motifs is 4. The lowest BCUT2D eigenvalue weighted by atomic mass is 9.57. The molecule has 10 aliphatic rings. The SMILES string of the molecule is C[C@H]1[C@@H](CC(O)C[C@H]2O[C@@H]3OC4(C)CC[C@H]5[C@H](C)CC[C@@H]([C@H]2C)[C@@]35OO4)O[C@@H]2OC3(C)CC[C@H]4[C@H](C)CC[C@@H]1[C@@]24OO3. The first-order valence-corrected chi connectivity index (χ1v) is 17.1. The van der Waals surface area contributed by atoms with Crippen LogP contribution in [0.15, 0.2) is 0 Å². The van der Waals surface area contributed by atoms with Gasteiger partial charge in [0.15, 0.2) is 23.8 Å². The average Bonchev–Trinajstić information content (AvgIpc) is 3.32. The van der Waals surface area contributed by atoms with Crippen molar-refractivity contribution in [2.24, 2.45) is 47.3 Å². The van der Waals surface area contributed by atoms with E-state index in [-0.39, 0.29) is 35.9 Å². The van der Waals surface area contributed by atoms with Crippen molar-refractivity contribution in [3.05, 3.63) is 0 Å². The largest absolute Gasteiger partial charge is 0.393 e. The van der Waals surface area contributed by atoms with Crippen LogP contribution in [0.3, 0.4) is 0 Å². The van der Waals surface area contributed by atoms with Crippen LogP contribution >= 0.6 is 0 Å². The Balaban J connectivity index is 1.00. The third kappa shape index (κ3) is 4.00. The quantitative estimate of drug-likeness (QED) is 0.417. The summed E-state index contributed by atoms with van der Waals surface area (Å²) in [7, 11) is 0. The first kappa shape index (κ1) is 29.1. The fraction of sp³-hybridized carbons (Fsp3) is 1.00. The van der Waals surface area contributed by atoms with Gasteiger partial charge < -0.3 is 24.1 Å². The lowest BCUT2D eigenvalue weighted by Crippen LogP contribution is -2.70. The minimum absolute atomic E-state index is 0.132. The highest BCUT2D eigenvalue weighted by molar-refractivity contribution is 5.12. The molecule has 2 saturated carbocycles. The monoisotopic (exact) mass is 592 g/mol. The minimum atomic E-state index is -0.793. The van der Waals surface area contributed by atoms with E-state index < -0.39 is 41.5 Å². The van der Waals surface area contributed by atoms with Crippen molar-refractivity contribution in [1.29, 1.82) is 0 Å². The van der Waals surface area contributed by atoms with Crippen LogP contribution in [0.1, 0.15) is 106 Å². The topological polar surface area (TPSA) is 94.1 Å². The van der Waals surface area contributed by atoms with Gasteiger partial charge in [0, 0.05) is 24.7 Å². The molecule has 0 aromatic heterocycles. The Morgan fingerprint density at radius 3 is 1.45 bits per heavy atom. The van der Waals surface area contributed by atoms with Gasteiger partial charge in [-0.1, -0.05) is 27.7 Å². The third-order valence-corrected chi connectivity index (χ3v) is 13.6. The molecule has 9 nitrogen and oxygen atoms in total. The molecule has 10 fully saturated rings. The summed E-state index contributed by atoms with van der Waals surface area (Å²) in [6, 6.07) is 0. The number of hydrogen-bond acceptors (Lipinski definition) is 9. The molecule has 0 radical (unpaired) electrons. The van der Waals surface area contributed by atoms with Crippen LogP contribution < -0.4 is 0 Å². The van der Waals surface area contributed by atoms with Crippen molar-refractivity contribution in [2.45, 2.75) is 159 Å². The Bertz CT molecular complexity index is 979.